The normalized spacial score (nSPS) is 19.8. The van der Waals surface area contributed by atoms with Crippen LogP contribution >= 0.6 is 0 Å². The minimum absolute atomic E-state index is 0.147. The average molecular weight is 320 g/mol. The summed E-state index contributed by atoms with van der Waals surface area (Å²) in [6, 6.07) is 2.65. The van der Waals surface area contributed by atoms with Crippen LogP contribution in [0.25, 0.3) is 0 Å². The Morgan fingerprint density at radius 1 is 1.41 bits per heavy atom. The van der Waals surface area contributed by atoms with E-state index in [9.17, 15) is 23.1 Å². The van der Waals surface area contributed by atoms with Gasteiger partial charge < -0.3 is 19.7 Å². The molecule has 1 aliphatic rings. The largest absolute Gasteiger partial charge is 0.464 e. The molecule has 2 rings (SSSR count). The minimum atomic E-state index is -4.67. The molecule has 22 heavy (non-hydrogen) atoms. The number of furan rings is 1. The highest BCUT2D eigenvalue weighted by atomic mass is 19.4. The Hall–Kier alpha value is -1.70. The number of aliphatic hydroxyl groups is 1. The Bertz CT molecular complexity index is 534. The molecule has 1 saturated heterocycles. The summed E-state index contributed by atoms with van der Waals surface area (Å²) in [6.07, 6.45) is -5.70. The molecule has 0 aliphatic carbocycles. The molecule has 1 atom stereocenters. The van der Waals surface area contributed by atoms with Crippen LogP contribution in [0.1, 0.15) is 37.3 Å². The molecule has 2 amide bonds. The van der Waals surface area contributed by atoms with E-state index in [1.54, 1.807) is 26.0 Å². The van der Waals surface area contributed by atoms with Gasteiger partial charge in [0.2, 0.25) is 0 Å². The number of nitrogens with zero attached hydrogens (tertiary/aromatic N) is 1. The van der Waals surface area contributed by atoms with Gasteiger partial charge in [-0.2, -0.15) is 13.2 Å². The van der Waals surface area contributed by atoms with Gasteiger partial charge in [0, 0.05) is 25.9 Å². The number of halogens is 3. The van der Waals surface area contributed by atoms with Crippen molar-refractivity contribution in [3.05, 3.63) is 23.7 Å². The van der Waals surface area contributed by atoms with Crippen molar-refractivity contribution < 1.29 is 27.5 Å². The number of amides is 2. The zero-order valence-corrected chi connectivity index (χ0v) is 12.4. The number of urea groups is 1. The first-order valence-corrected chi connectivity index (χ1v) is 7.03. The van der Waals surface area contributed by atoms with Gasteiger partial charge in [-0.05, 0) is 26.0 Å². The number of alkyl halides is 3. The van der Waals surface area contributed by atoms with E-state index in [4.69, 9.17) is 4.42 Å². The first-order chi connectivity index (χ1) is 10.1. The summed E-state index contributed by atoms with van der Waals surface area (Å²) in [5, 5.41) is 12.2. The fourth-order valence-corrected chi connectivity index (χ4v) is 2.40. The summed E-state index contributed by atoms with van der Waals surface area (Å²) < 4.78 is 43.5. The number of carbonyl (C=O) groups excluding carboxylic acids is 1. The van der Waals surface area contributed by atoms with E-state index >= 15 is 0 Å². The number of carbonyl (C=O) groups is 1. The first-order valence-electron chi connectivity index (χ1n) is 7.03. The van der Waals surface area contributed by atoms with E-state index in [0.717, 1.165) is 0 Å². The number of nitrogens with one attached hydrogen (secondary N) is 1. The van der Waals surface area contributed by atoms with Crippen LogP contribution in [0.2, 0.25) is 0 Å². The van der Waals surface area contributed by atoms with E-state index in [1.807, 2.05) is 0 Å². The third-order valence-electron chi connectivity index (χ3n) is 3.93. The zero-order chi connectivity index (χ0) is 16.5. The van der Waals surface area contributed by atoms with Gasteiger partial charge in [-0.25, -0.2) is 4.79 Å². The first kappa shape index (κ1) is 16.7. The zero-order valence-electron chi connectivity index (χ0n) is 12.4. The molecule has 5 nitrogen and oxygen atoms in total. The molecule has 0 aromatic carbocycles. The van der Waals surface area contributed by atoms with Gasteiger partial charge in [0.05, 0.1) is 6.04 Å². The van der Waals surface area contributed by atoms with E-state index in [1.165, 1.54) is 4.90 Å². The van der Waals surface area contributed by atoms with Gasteiger partial charge in [0.15, 0.2) is 5.60 Å². The lowest BCUT2D eigenvalue weighted by atomic mass is 9.91. The van der Waals surface area contributed by atoms with Crippen LogP contribution in [0.5, 0.6) is 0 Å². The lowest BCUT2D eigenvalue weighted by Gasteiger charge is -2.39. The smallest absolute Gasteiger partial charge is 0.417 e. The predicted octanol–water partition coefficient (Wildman–Crippen LogP) is 2.75. The highest BCUT2D eigenvalue weighted by Crippen LogP contribution is 2.38. The molecule has 0 saturated carbocycles. The molecular weight excluding hydrogens is 301 g/mol. The van der Waals surface area contributed by atoms with Crippen LogP contribution in [0, 0.1) is 6.92 Å². The summed E-state index contributed by atoms with van der Waals surface area (Å²) in [5.41, 5.74) is -2.70. The average Bonchev–Trinajstić information content (AvgIpc) is 2.85. The minimum Gasteiger partial charge on any atom is -0.464 e. The third kappa shape index (κ3) is 3.37. The lowest BCUT2D eigenvalue weighted by Crippen LogP contribution is -2.55. The molecule has 124 valence electrons. The van der Waals surface area contributed by atoms with Crippen LogP contribution in [0.4, 0.5) is 18.0 Å². The van der Waals surface area contributed by atoms with Crippen molar-refractivity contribution in [2.24, 2.45) is 0 Å². The maximum absolute atomic E-state index is 12.7. The van der Waals surface area contributed by atoms with Crippen LogP contribution in [0.3, 0.4) is 0 Å². The summed E-state index contributed by atoms with van der Waals surface area (Å²) in [5.74, 6) is 1.29. The van der Waals surface area contributed by atoms with Crippen LogP contribution < -0.4 is 5.32 Å². The molecule has 1 aromatic heterocycles. The standard InChI is InChI=1S/C14H19F3N2O3/c1-9-3-4-11(22-9)10(2)18-12(20)19-7-5-13(21,6-8-19)14(15,16)17/h3-4,10,21H,5-8H2,1-2H3,(H,18,20). The van der Waals surface area contributed by atoms with Crippen molar-refractivity contribution in [3.63, 3.8) is 0 Å². The summed E-state index contributed by atoms with van der Waals surface area (Å²) >= 11 is 0. The van der Waals surface area contributed by atoms with Crippen LogP contribution in [-0.2, 0) is 0 Å². The number of hydrogen-bond acceptors (Lipinski definition) is 3. The topological polar surface area (TPSA) is 65.7 Å². The molecule has 1 fully saturated rings. The second-order valence-electron chi connectivity index (χ2n) is 5.64. The van der Waals surface area contributed by atoms with E-state index in [0.29, 0.717) is 11.5 Å². The Morgan fingerprint density at radius 2 is 2.00 bits per heavy atom. The van der Waals surface area contributed by atoms with E-state index < -0.39 is 30.7 Å². The maximum Gasteiger partial charge on any atom is 0.417 e. The monoisotopic (exact) mass is 320 g/mol. The Morgan fingerprint density at radius 3 is 2.45 bits per heavy atom. The molecule has 0 radical (unpaired) electrons. The fraction of sp³-hybridized carbons (Fsp3) is 0.643. The van der Waals surface area contributed by atoms with Crippen LogP contribution in [0.15, 0.2) is 16.5 Å². The van der Waals surface area contributed by atoms with Crippen LogP contribution in [-0.4, -0.2) is 40.9 Å². The van der Waals surface area contributed by atoms with Gasteiger partial charge in [-0.3, -0.25) is 0 Å². The van der Waals surface area contributed by atoms with Crippen molar-refractivity contribution in [2.75, 3.05) is 13.1 Å². The van der Waals surface area contributed by atoms with E-state index in [-0.39, 0.29) is 19.1 Å². The number of hydrogen-bond donors (Lipinski definition) is 2. The molecule has 8 heteroatoms. The van der Waals surface area contributed by atoms with Crippen molar-refractivity contribution in [3.8, 4) is 0 Å². The SMILES string of the molecule is Cc1ccc(C(C)NC(=O)N2CCC(O)(C(F)(F)F)CC2)o1. The van der Waals surface area contributed by atoms with E-state index in [2.05, 4.69) is 5.32 Å². The molecule has 2 N–H and O–H groups in total. The van der Waals surface area contributed by atoms with Gasteiger partial charge in [0.1, 0.15) is 11.5 Å². The Balaban J connectivity index is 1.90. The fourth-order valence-electron chi connectivity index (χ4n) is 2.40. The van der Waals surface area contributed by atoms with Crippen molar-refractivity contribution >= 4 is 6.03 Å². The lowest BCUT2D eigenvalue weighted by molar-refractivity contribution is -0.271. The number of rotatable bonds is 2. The van der Waals surface area contributed by atoms with Gasteiger partial charge in [-0.1, -0.05) is 0 Å². The molecule has 1 aromatic rings. The molecule has 1 unspecified atom stereocenters. The highest BCUT2D eigenvalue weighted by molar-refractivity contribution is 5.74. The number of piperidine rings is 1. The van der Waals surface area contributed by atoms with Crippen molar-refractivity contribution in [1.29, 1.82) is 0 Å². The van der Waals surface area contributed by atoms with Gasteiger partial charge >= 0.3 is 12.2 Å². The van der Waals surface area contributed by atoms with Crippen molar-refractivity contribution in [1.82, 2.24) is 10.2 Å². The quantitative estimate of drug-likeness (QED) is 0.880. The molecular formula is C14H19F3N2O3. The summed E-state index contributed by atoms with van der Waals surface area (Å²) in [6.45, 7) is 3.21. The highest BCUT2D eigenvalue weighted by Gasteiger charge is 2.54. The third-order valence-corrected chi connectivity index (χ3v) is 3.93. The number of likely N-dealkylation sites (tertiary alicyclic amines) is 1. The predicted molar refractivity (Wildman–Crippen MR) is 72.2 cm³/mol. The summed E-state index contributed by atoms with van der Waals surface area (Å²) in [4.78, 5) is 13.3. The summed E-state index contributed by atoms with van der Waals surface area (Å²) in [7, 11) is 0. The van der Waals surface area contributed by atoms with Gasteiger partial charge in [0.25, 0.3) is 0 Å². The second-order valence-corrected chi connectivity index (χ2v) is 5.64. The molecule has 2 heterocycles. The van der Waals surface area contributed by atoms with Crippen molar-refractivity contribution in [2.45, 2.75) is 44.5 Å². The number of aryl methyl sites for hydroxylation is 1. The molecule has 0 bridgehead atoms. The molecule has 1 aliphatic heterocycles. The Labute approximate surface area is 126 Å². The molecule has 0 spiro atoms. The Kier molecular flexibility index (Phi) is 4.42. The second kappa shape index (κ2) is 5.83. The maximum atomic E-state index is 12.7. The van der Waals surface area contributed by atoms with Gasteiger partial charge in [-0.15, -0.1) is 0 Å².